The van der Waals surface area contributed by atoms with E-state index in [1.807, 2.05) is 19.1 Å². The smallest absolute Gasteiger partial charge is 0.312 e. The molecule has 0 saturated heterocycles. The van der Waals surface area contributed by atoms with Gasteiger partial charge in [-0.2, -0.15) is 0 Å². The third-order valence-electron chi connectivity index (χ3n) is 14.8. The molecule has 0 spiro atoms. The monoisotopic (exact) mass is 600 g/mol. The van der Waals surface area contributed by atoms with Gasteiger partial charge in [-0.1, -0.05) is 58.9 Å². The molecule has 1 aromatic carbocycles. The number of carbonyl (C=O) groups excluding carboxylic acids is 2. The normalized spacial score (nSPS) is 43.3. The summed E-state index contributed by atoms with van der Waals surface area (Å²) in [5, 5.41) is 0. The van der Waals surface area contributed by atoms with Crippen LogP contribution >= 0.6 is 0 Å². The van der Waals surface area contributed by atoms with Gasteiger partial charge in [0.05, 0.1) is 19.1 Å². The lowest BCUT2D eigenvalue weighted by atomic mass is 9.32. The van der Waals surface area contributed by atoms with E-state index in [0.29, 0.717) is 42.0 Å². The van der Waals surface area contributed by atoms with Gasteiger partial charge in [0.1, 0.15) is 5.75 Å². The zero-order valence-electron chi connectivity index (χ0n) is 28.7. The number of benzene rings is 1. The molecule has 0 aromatic heterocycles. The number of ketones is 1. The highest BCUT2D eigenvalue weighted by Crippen LogP contribution is 2.77. The average molecular weight is 601 g/mol. The molecule has 0 amide bonds. The molecule has 4 nitrogen and oxygen atoms in total. The van der Waals surface area contributed by atoms with Crippen LogP contribution in [0, 0.1) is 56.7 Å². The summed E-state index contributed by atoms with van der Waals surface area (Å²) in [5.41, 5.74) is 2.86. The van der Waals surface area contributed by atoms with Gasteiger partial charge in [0.25, 0.3) is 0 Å². The minimum atomic E-state index is -0.397. The molecule has 44 heavy (non-hydrogen) atoms. The number of esters is 1. The first-order valence-electron chi connectivity index (χ1n) is 17.4. The molecule has 0 N–H and O–H groups in total. The molecule has 0 unspecified atom stereocenters. The first-order chi connectivity index (χ1) is 20.7. The van der Waals surface area contributed by atoms with Gasteiger partial charge < -0.3 is 9.47 Å². The standard InChI is InChI=1S/C40H56O4/c1-10-44-28-13-11-26(12-14-28)23-27-24-37(6)31(36(4,5)34(27)41)18-19-39(8)32(37)16-15-30-33-29(25(2)3)17-20-40(33,35(42)43-9)22-21-38(30,39)7/h11-14,23,29-33H,2,10,15-22,24H2,1,3-9H3/b27-23+/t29-,30+,31+,32-,33+,37-,38+,39-,40+/m0/s1. The van der Waals surface area contributed by atoms with Crippen molar-refractivity contribution >= 4 is 17.8 Å². The van der Waals surface area contributed by atoms with E-state index in [-0.39, 0.29) is 27.6 Å². The number of allylic oxidation sites excluding steroid dienone is 2. The second-order valence-electron chi connectivity index (χ2n) is 16.7. The van der Waals surface area contributed by atoms with E-state index >= 15 is 0 Å². The fourth-order valence-corrected chi connectivity index (χ4v) is 12.7. The van der Waals surface area contributed by atoms with Crippen molar-refractivity contribution in [3.8, 4) is 5.75 Å². The lowest BCUT2D eigenvalue weighted by Gasteiger charge is -2.72. The van der Waals surface area contributed by atoms with E-state index in [1.165, 1.54) is 12.0 Å². The maximum absolute atomic E-state index is 14.2. The third-order valence-corrected chi connectivity index (χ3v) is 14.8. The first-order valence-corrected chi connectivity index (χ1v) is 17.4. The Morgan fingerprint density at radius 1 is 0.932 bits per heavy atom. The lowest BCUT2D eigenvalue weighted by molar-refractivity contribution is -0.232. The van der Waals surface area contributed by atoms with E-state index < -0.39 is 5.41 Å². The van der Waals surface area contributed by atoms with Gasteiger partial charge in [0, 0.05) is 5.41 Å². The molecular weight excluding hydrogens is 544 g/mol. The molecule has 5 aliphatic carbocycles. The van der Waals surface area contributed by atoms with Crippen LogP contribution in [0.3, 0.4) is 0 Å². The highest BCUT2D eigenvalue weighted by Gasteiger charge is 2.72. The van der Waals surface area contributed by atoms with Crippen LogP contribution in [-0.4, -0.2) is 25.5 Å². The average Bonchev–Trinajstić information content (AvgIpc) is 3.38. The number of ether oxygens (including phenoxy) is 2. The molecule has 0 heterocycles. The molecule has 5 fully saturated rings. The van der Waals surface area contributed by atoms with Crippen LogP contribution in [0.25, 0.3) is 6.08 Å². The molecule has 240 valence electrons. The van der Waals surface area contributed by atoms with Crippen LogP contribution in [0.15, 0.2) is 42.0 Å². The molecule has 1 aromatic rings. The van der Waals surface area contributed by atoms with Crippen molar-refractivity contribution in [2.45, 2.75) is 106 Å². The Kier molecular flexibility index (Phi) is 7.61. The van der Waals surface area contributed by atoms with E-state index in [1.54, 1.807) is 7.11 Å². The van der Waals surface area contributed by atoms with Crippen LogP contribution in [0.2, 0.25) is 0 Å². The predicted molar refractivity (Wildman–Crippen MR) is 177 cm³/mol. The largest absolute Gasteiger partial charge is 0.494 e. The van der Waals surface area contributed by atoms with Crippen LogP contribution in [0.1, 0.15) is 112 Å². The number of rotatable bonds is 5. The van der Waals surface area contributed by atoms with Crippen molar-refractivity contribution in [2.75, 3.05) is 13.7 Å². The van der Waals surface area contributed by atoms with E-state index in [9.17, 15) is 9.59 Å². The molecule has 0 radical (unpaired) electrons. The second kappa shape index (κ2) is 10.6. The summed E-state index contributed by atoms with van der Waals surface area (Å²) < 4.78 is 11.2. The minimum Gasteiger partial charge on any atom is -0.494 e. The molecule has 9 atom stereocenters. The summed E-state index contributed by atoms with van der Waals surface area (Å²) in [6.45, 7) is 21.5. The van der Waals surface area contributed by atoms with Gasteiger partial charge in [-0.15, -0.1) is 0 Å². The molecule has 5 saturated carbocycles. The lowest BCUT2D eigenvalue weighted by Crippen LogP contribution is -2.67. The van der Waals surface area contributed by atoms with Gasteiger partial charge >= 0.3 is 5.97 Å². The number of hydrogen-bond acceptors (Lipinski definition) is 4. The molecule has 4 heteroatoms. The number of fused-ring (bicyclic) bond motifs is 7. The number of Topliss-reactive ketones (excluding diaryl/α,β-unsaturated/α-hetero) is 1. The van der Waals surface area contributed by atoms with E-state index in [0.717, 1.165) is 68.3 Å². The second-order valence-corrected chi connectivity index (χ2v) is 16.7. The van der Waals surface area contributed by atoms with Crippen molar-refractivity contribution in [1.29, 1.82) is 0 Å². The van der Waals surface area contributed by atoms with Gasteiger partial charge in [-0.05, 0) is 147 Å². The number of methoxy groups -OCH3 is 1. The maximum Gasteiger partial charge on any atom is 0.312 e. The molecule has 0 aliphatic heterocycles. The Hall–Kier alpha value is -2.36. The SMILES string of the molecule is C=C(C)[C@@H]1CC[C@@]2(C(=O)OC)CC[C@]3(C)[C@H](CC[C@H]4[C@@]5(C)C/C(=C\c6ccc(OCC)cc6)C(=O)C(C)(C)[C@H]5CC[C@@]43C)[C@@H]12. The van der Waals surface area contributed by atoms with Crippen molar-refractivity contribution < 1.29 is 19.1 Å². The topological polar surface area (TPSA) is 52.6 Å². The Morgan fingerprint density at radius 3 is 2.27 bits per heavy atom. The van der Waals surface area contributed by atoms with Crippen molar-refractivity contribution in [3.05, 3.63) is 47.6 Å². The minimum absolute atomic E-state index is 0.0212. The fraction of sp³-hybridized carbons (Fsp3) is 0.700. The van der Waals surface area contributed by atoms with E-state index in [2.05, 4.69) is 66.3 Å². The fourth-order valence-electron chi connectivity index (χ4n) is 12.7. The quantitative estimate of drug-likeness (QED) is 0.192. The summed E-state index contributed by atoms with van der Waals surface area (Å²) in [4.78, 5) is 27.7. The zero-order chi connectivity index (χ0) is 31.9. The summed E-state index contributed by atoms with van der Waals surface area (Å²) in [5.74, 6) is 3.30. The van der Waals surface area contributed by atoms with Crippen molar-refractivity contribution in [3.63, 3.8) is 0 Å². The predicted octanol–water partition coefficient (Wildman–Crippen LogP) is 9.48. The Bertz CT molecular complexity index is 1370. The molecule has 0 bridgehead atoms. The molecule has 5 aliphatic rings. The van der Waals surface area contributed by atoms with Crippen molar-refractivity contribution in [2.24, 2.45) is 56.7 Å². The number of hydrogen-bond donors (Lipinski definition) is 0. The Labute approximate surface area is 266 Å². The molecule has 6 rings (SSSR count). The van der Waals surface area contributed by atoms with Crippen LogP contribution in [0.4, 0.5) is 0 Å². The Balaban J connectivity index is 1.38. The zero-order valence-corrected chi connectivity index (χ0v) is 28.7. The van der Waals surface area contributed by atoms with Gasteiger partial charge in [0.15, 0.2) is 5.78 Å². The van der Waals surface area contributed by atoms with Crippen LogP contribution in [-0.2, 0) is 14.3 Å². The summed E-state index contributed by atoms with van der Waals surface area (Å²) >= 11 is 0. The summed E-state index contributed by atoms with van der Waals surface area (Å²) in [6, 6.07) is 8.19. The highest BCUT2D eigenvalue weighted by molar-refractivity contribution is 6.04. The van der Waals surface area contributed by atoms with Crippen LogP contribution < -0.4 is 4.74 Å². The Morgan fingerprint density at radius 2 is 1.64 bits per heavy atom. The molecular formula is C40H56O4. The van der Waals surface area contributed by atoms with Gasteiger partial charge in [-0.25, -0.2) is 0 Å². The maximum atomic E-state index is 14.2. The number of carbonyl (C=O) groups is 2. The van der Waals surface area contributed by atoms with Gasteiger partial charge in [-0.3, -0.25) is 9.59 Å². The summed E-state index contributed by atoms with van der Waals surface area (Å²) in [6.07, 6.45) is 11.6. The van der Waals surface area contributed by atoms with Crippen LogP contribution in [0.5, 0.6) is 5.75 Å². The van der Waals surface area contributed by atoms with E-state index in [4.69, 9.17) is 9.47 Å². The van der Waals surface area contributed by atoms with Gasteiger partial charge in [0.2, 0.25) is 0 Å². The first kappa shape index (κ1) is 31.6. The third kappa shape index (κ3) is 4.20. The van der Waals surface area contributed by atoms with Crippen molar-refractivity contribution in [1.82, 2.24) is 0 Å². The highest BCUT2D eigenvalue weighted by atomic mass is 16.5. The summed E-state index contributed by atoms with van der Waals surface area (Å²) in [7, 11) is 1.58.